The highest BCUT2D eigenvalue weighted by Gasteiger charge is 2.11. The minimum Gasteiger partial charge on any atom is -0.268 e. The van der Waals surface area contributed by atoms with Gasteiger partial charge in [-0.05, 0) is 36.4 Å². The van der Waals surface area contributed by atoms with Crippen LogP contribution in [0.1, 0.15) is 55.4 Å². The average Bonchev–Trinajstić information content (AvgIpc) is 2.89. The zero-order valence-electron chi connectivity index (χ0n) is 20.4. The molecule has 4 aromatic heterocycles. The third-order valence-corrected chi connectivity index (χ3v) is 4.16. The molecule has 5 aromatic rings. The molecule has 4 heterocycles. The Bertz CT molecular complexity index is 1290. The smallest absolute Gasteiger partial charge is 0.265 e. The molecule has 0 aliphatic rings. The molecule has 0 aliphatic carbocycles. The summed E-state index contributed by atoms with van der Waals surface area (Å²) in [4.78, 5) is 34.4. The van der Waals surface area contributed by atoms with Gasteiger partial charge in [0, 0.05) is 12.4 Å². The van der Waals surface area contributed by atoms with E-state index < -0.39 is 0 Å². The Balaban J connectivity index is 0.000000581. The molecule has 0 radical (unpaired) electrons. The highest BCUT2D eigenvalue weighted by atomic mass is 16.1. The second-order valence-electron chi connectivity index (χ2n) is 5.58. The predicted molar refractivity (Wildman–Crippen MR) is 137 cm³/mol. The number of aromatic nitrogens is 4. The van der Waals surface area contributed by atoms with Crippen molar-refractivity contribution in [2.45, 2.75) is 55.4 Å². The zero-order chi connectivity index (χ0) is 24.3. The third-order valence-electron chi connectivity index (χ3n) is 4.16. The van der Waals surface area contributed by atoms with Crippen molar-refractivity contribution in [2.75, 3.05) is 0 Å². The predicted octanol–water partition coefficient (Wildman–Crippen LogP) is 6.11. The number of hydrogen-bond donors (Lipinski definition) is 0. The number of rotatable bonds is 0. The molecule has 0 bridgehead atoms. The molecular weight excluding hydrogens is 400 g/mol. The number of pyridine rings is 2. The van der Waals surface area contributed by atoms with E-state index in [9.17, 15) is 9.59 Å². The van der Waals surface area contributed by atoms with E-state index in [1.165, 1.54) is 8.80 Å². The summed E-state index contributed by atoms with van der Waals surface area (Å²) in [5, 5.41) is 0.886. The number of fused-ring (bicyclic) bond motifs is 4. The molecule has 6 nitrogen and oxygen atoms in total. The van der Waals surface area contributed by atoms with E-state index in [0.29, 0.717) is 33.1 Å². The van der Waals surface area contributed by atoms with Gasteiger partial charge in [0.1, 0.15) is 11.3 Å². The van der Waals surface area contributed by atoms with Crippen molar-refractivity contribution in [3.05, 3.63) is 81.6 Å². The van der Waals surface area contributed by atoms with Gasteiger partial charge >= 0.3 is 0 Å². The first-order chi connectivity index (χ1) is 15.7. The first-order valence-corrected chi connectivity index (χ1v) is 11.4. The molecule has 6 heteroatoms. The maximum absolute atomic E-state index is 12.7. The number of nitrogens with zero attached hydrogens (tertiary/aromatic N) is 4. The van der Waals surface area contributed by atoms with E-state index >= 15 is 0 Å². The first-order valence-electron chi connectivity index (χ1n) is 11.4. The molecule has 32 heavy (non-hydrogen) atoms. The van der Waals surface area contributed by atoms with Crippen molar-refractivity contribution in [3.8, 4) is 0 Å². The van der Waals surface area contributed by atoms with Crippen molar-refractivity contribution in [2.24, 2.45) is 0 Å². The van der Waals surface area contributed by atoms with Crippen LogP contribution in [-0.2, 0) is 0 Å². The summed E-state index contributed by atoms with van der Waals surface area (Å²) in [7, 11) is 0. The second-order valence-corrected chi connectivity index (χ2v) is 5.58. The molecule has 0 N–H and O–H groups in total. The quantitative estimate of drug-likeness (QED) is 0.276. The van der Waals surface area contributed by atoms with E-state index in [-0.39, 0.29) is 11.1 Å². The molecule has 0 aliphatic heterocycles. The van der Waals surface area contributed by atoms with E-state index in [4.69, 9.17) is 0 Å². The van der Waals surface area contributed by atoms with Crippen molar-refractivity contribution in [3.63, 3.8) is 0 Å². The molecular formula is C26H34N4O2. The van der Waals surface area contributed by atoms with Gasteiger partial charge in [0.25, 0.3) is 11.1 Å². The highest BCUT2D eigenvalue weighted by Crippen LogP contribution is 2.17. The Hall–Kier alpha value is -3.54. The van der Waals surface area contributed by atoms with Gasteiger partial charge in [-0.2, -0.15) is 0 Å². The van der Waals surface area contributed by atoms with Crippen LogP contribution in [0.3, 0.4) is 0 Å². The summed E-state index contributed by atoms with van der Waals surface area (Å²) in [5.41, 5.74) is 1.73. The van der Waals surface area contributed by atoms with Crippen LogP contribution in [0, 0.1) is 0 Å². The molecule has 0 saturated heterocycles. The molecule has 1 aromatic carbocycles. The van der Waals surface area contributed by atoms with Gasteiger partial charge in [0.15, 0.2) is 0 Å². The Morgan fingerprint density at radius 2 is 0.906 bits per heavy atom. The zero-order valence-corrected chi connectivity index (χ0v) is 20.4. The molecule has 0 unspecified atom stereocenters. The van der Waals surface area contributed by atoms with E-state index in [1.54, 1.807) is 48.8 Å². The summed E-state index contributed by atoms with van der Waals surface area (Å²) >= 11 is 0. The van der Waals surface area contributed by atoms with Crippen molar-refractivity contribution < 1.29 is 0 Å². The van der Waals surface area contributed by atoms with E-state index in [2.05, 4.69) is 9.97 Å². The highest BCUT2D eigenvalue weighted by molar-refractivity contribution is 5.95. The Morgan fingerprint density at radius 1 is 0.562 bits per heavy atom. The van der Waals surface area contributed by atoms with Crippen molar-refractivity contribution in [1.29, 1.82) is 0 Å². The average molecular weight is 435 g/mol. The van der Waals surface area contributed by atoms with Gasteiger partial charge in [-0.15, -0.1) is 0 Å². The minimum absolute atomic E-state index is 0.174. The molecule has 0 saturated carbocycles. The summed E-state index contributed by atoms with van der Waals surface area (Å²) in [5.74, 6) is 0. The fourth-order valence-electron chi connectivity index (χ4n) is 3.00. The summed E-state index contributed by atoms with van der Waals surface area (Å²) in [6.45, 7) is 16.0. The van der Waals surface area contributed by atoms with E-state index in [1.807, 2.05) is 67.5 Å². The summed E-state index contributed by atoms with van der Waals surface area (Å²) < 4.78 is 2.98. The third kappa shape index (κ3) is 5.02. The standard InChI is InChI=1S/C18H10N4O2.4C2H6/c23-17-11-10-14-12(18(24)22-8-4-2-6-16(22)20-14)9-13(11)19-15-5-1-3-7-21(15)17;4*1-2/h1-10H;4*1-2H3. The van der Waals surface area contributed by atoms with Gasteiger partial charge in [-0.25, -0.2) is 9.97 Å². The van der Waals surface area contributed by atoms with Crippen molar-refractivity contribution >= 4 is 33.1 Å². The molecule has 0 atom stereocenters. The Morgan fingerprint density at radius 3 is 1.25 bits per heavy atom. The van der Waals surface area contributed by atoms with E-state index in [0.717, 1.165) is 0 Å². The number of hydrogen-bond acceptors (Lipinski definition) is 4. The minimum atomic E-state index is -0.174. The van der Waals surface area contributed by atoms with Crippen LogP contribution in [0.2, 0.25) is 0 Å². The lowest BCUT2D eigenvalue weighted by atomic mass is 10.1. The largest absolute Gasteiger partial charge is 0.268 e. The van der Waals surface area contributed by atoms with Gasteiger partial charge < -0.3 is 0 Å². The first kappa shape index (κ1) is 26.5. The Labute approximate surface area is 189 Å². The van der Waals surface area contributed by atoms with Crippen LogP contribution in [0.4, 0.5) is 0 Å². The fraction of sp³-hybridized carbons (Fsp3) is 0.308. The number of benzene rings is 1. The van der Waals surface area contributed by atoms with Crippen LogP contribution in [0.25, 0.3) is 33.1 Å². The topological polar surface area (TPSA) is 68.7 Å². The monoisotopic (exact) mass is 434 g/mol. The van der Waals surface area contributed by atoms with Gasteiger partial charge in [0.05, 0.1) is 21.8 Å². The van der Waals surface area contributed by atoms with Gasteiger partial charge in [-0.1, -0.05) is 67.5 Å². The van der Waals surface area contributed by atoms with Gasteiger partial charge in [-0.3, -0.25) is 18.4 Å². The maximum atomic E-state index is 12.7. The molecule has 0 spiro atoms. The molecule has 5 rings (SSSR count). The van der Waals surface area contributed by atoms with Crippen LogP contribution >= 0.6 is 0 Å². The lowest BCUT2D eigenvalue weighted by Crippen LogP contribution is -2.17. The molecule has 0 amide bonds. The molecule has 0 fully saturated rings. The van der Waals surface area contributed by atoms with Crippen molar-refractivity contribution in [1.82, 2.24) is 18.8 Å². The molecule has 170 valence electrons. The lowest BCUT2D eigenvalue weighted by molar-refractivity contribution is 1.07. The maximum Gasteiger partial charge on any atom is 0.265 e. The van der Waals surface area contributed by atoms with Crippen LogP contribution in [-0.4, -0.2) is 18.8 Å². The normalized spacial score (nSPS) is 9.50. The summed E-state index contributed by atoms with van der Waals surface area (Å²) in [6.07, 6.45) is 3.36. The van der Waals surface area contributed by atoms with Crippen LogP contribution in [0.15, 0.2) is 70.5 Å². The van der Waals surface area contributed by atoms with Gasteiger partial charge in [0.2, 0.25) is 0 Å². The fourth-order valence-corrected chi connectivity index (χ4v) is 3.00. The van der Waals surface area contributed by atoms with Crippen LogP contribution < -0.4 is 11.1 Å². The second kappa shape index (κ2) is 13.0. The lowest BCUT2D eigenvalue weighted by Gasteiger charge is -2.06. The Kier molecular flexibility index (Phi) is 10.8. The summed E-state index contributed by atoms with van der Waals surface area (Å²) in [6, 6.07) is 14.0. The van der Waals surface area contributed by atoms with Crippen LogP contribution in [0.5, 0.6) is 0 Å². The SMILES string of the molecule is CC.CC.CC.CC.O=c1c2cc3nc4ccccn4c(=O)c3cc2nc2ccccn12.